The number of aliphatic hydroxyl groups is 3. The minimum Gasteiger partial charge on any atom is -0.387 e. The van der Waals surface area contributed by atoms with E-state index in [2.05, 4.69) is 38.1 Å². The van der Waals surface area contributed by atoms with Crippen LogP contribution in [0.2, 0.25) is 0 Å². The second-order valence-electron chi connectivity index (χ2n) is 11.3. The van der Waals surface area contributed by atoms with Crippen LogP contribution in [0, 0.1) is 6.92 Å². The quantitative estimate of drug-likeness (QED) is 0.0503. The molecule has 6 rings (SSSR count). The van der Waals surface area contributed by atoms with Crippen LogP contribution in [-0.4, -0.2) is 115 Å². The van der Waals surface area contributed by atoms with Crippen LogP contribution in [0.1, 0.15) is 18.3 Å². The normalized spacial score (nSPS) is 30.1. The summed E-state index contributed by atoms with van der Waals surface area (Å²) in [6, 6.07) is 0. The average Bonchev–Trinajstić information content (AvgIpc) is 3.73. The van der Waals surface area contributed by atoms with Crippen molar-refractivity contribution in [3.05, 3.63) is 39.2 Å². The van der Waals surface area contributed by atoms with Gasteiger partial charge in [-0.15, -0.1) is 0 Å². The van der Waals surface area contributed by atoms with Crippen molar-refractivity contribution in [3.8, 4) is 0 Å². The number of nitrogens with two attached hydrogens (primary N) is 1. The molecule has 0 aliphatic carbocycles. The van der Waals surface area contributed by atoms with Gasteiger partial charge in [-0.3, -0.25) is 32.8 Å². The Morgan fingerprint density at radius 3 is 2.37 bits per heavy atom. The summed E-state index contributed by atoms with van der Waals surface area (Å²) in [5, 5.41) is 31.9. The maximum atomic E-state index is 12.8. The lowest BCUT2D eigenvalue weighted by Crippen LogP contribution is -2.46. The van der Waals surface area contributed by atoms with E-state index in [1.807, 2.05) is 0 Å². The largest absolute Gasteiger partial charge is 0.490 e. The SMILES string of the molecule is COC1[C@@H](OP(=O)(O)OP(=O)(O)OP(=O)(O)OC[C@H]2O[C@@H](n3cnc4c(=O)[nH]c(C)nc43)C(O)[C@H]2O)O[C@@H]([n+]2cn(C)c3c(=O)[nH]c(N)nc32)[C@H]1O. The van der Waals surface area contributed by atoms with Crippen LogP contribution in [0.3, 0.4) is 0 Å². The number of ether oxygens (including phenoxy) is 3. The summed E-state index contributed by atoms with van der Waals surface area (Å²) in [4.78, 5) is 71.8. The van der Waals surface area contributed by atoms with Crippen LogP contribution in [0.15, 0.2) is 22.2 Å². The number of aromatic amines is 2. The number of fused-ring (bicyclic) bond motifs is 2. The molecule has 0 spiro atoms. The van der Waals surface area contributed by atoms with Crippen molar-refractivity contribution < 1.29 is 80.1 Å². The summed E-state index contributed by atoms with van der Waals surface area (Å²) in [5.74, 6) is -0.0982. The smallest absolute Gasteiger partial charge is 0.387 e. The maximum Gasteiger partial charge on any atom is 0.490 e. The van der Waals surface area contributed by atoms with E-state index in [-0.39, 0.29) is 34.1 Å². The number of nitrogens with zero attached hydrogens (tertiary/aromatic N) is 6. The first kappa shape index (κ1) is 38.4. The monoisotopic (exact) mass is 802 g/mol. The molecule has 2 fully saturated rings. The molecule has 2 aliphatic rings. The summed E-state index contributed by atoms with van der Waals surface area (Å²) in [6.07, 6.45) is -11.0. The van der Waals surface area contributed by atoms with Crippen molar-refractivity contribution in [1.29, 1.82) is 0 Å². The van der Waals surface area contributed by atoms with E-state index in [1.165, 1.54) is 24.9 Å². The molecule has 0 aromatic carbocycles. The van der Waals surface area contributed by atoms with Gasteiger partial charge in [0.15, 0.2) is 23.7 Å². The van der Waals surface area contributed by atoms with Crippen LogP contribution in [0.5, 0.6) is 0 Å². The minimum absolute atomic E-state index is 0.00416. The summed E-state index contributed by atoms with van der Waals surface area (Å²) in [7, 11) is -15.0. The Kier molecular flexibility index (Phi) is 10.2. The van der Waals surface area contributed by atoms with Gasteiger partial charge in [0.05, 0.1) is 20.0 Å². The van der Waals surface area contributed by atoms with Gasteiger partial charge in [0.25, 0.3) is 17.1 Å². The Morgan fingerprint density at radius 2 is 1.67 bits per heavy atom. The molecule has 4 aromatic heterocycles. The summed E-state index contributed by atoms with van der Waals surface area (Å²) < 4.78 is 75.3. The van der Waals surface area contributed by atoms with Gasteiger partial charge in [-0.1, -0.05) is 4.98 Å². The number of aliphatic hydroxyl groups excluding tert-OH is 3. The number of anilines is 1. The zero-order valence-electron chi connectivity index (χ0n) is 26.7. The van der Waals surface area contributed by atoms with Crippen LogP contribution in [0.4, 0.5) is 5.95 Å². The fraction of sp³-hybridized carbons (Fsp3) is 0.545. The number of phosphoric ester groups is 2. The van der Waals surface area contributed by atoms with E-state index < -0.39 is 90.5 Å². The van der Waals surface area contributed by atoms with Crippen molar-refractivity contribution in [2.75, 3.05) is 19.5 Å². The third-order valence-corrected chi connectivity index (χ3v) is 12.0. The summed E-state index contributed by atoms with van der Waals surface area (Å²) in [6.45, 7) is 0.406. The molecule has 6 heterocycles. The van der Waals surface area contributed by atoms with Gasteiger partial charge in [-0.25, -0.2) is 28.2 Å². The van der Waals surface area contributed by atoms with Gasteiger partial charge in [-0.2, -0.15) is 8.62 Å². The number of aryl methyl sites for hydroxylation is 2. The number of nitrogens with one attached hydrogen (secondary N) is 2. The molecule has 286 valence electrons. The Hall–Kier alpha value is -3.33. The number of phosphoric acid groups is 3. The molecular weight excluding hydrogens is 771 g/mol. The van der Waals surface area contributed by atoms with Crippen molar-refractivity contribution in [3.63, 3.8) is 0 Å². The lowest BCUT2D eigenvalue weighted by Gasteiger charge is -2.22. The standard InChI is InChI=1S/C22H30N9O18P3/c1-7-25-15-9(17(35)26-7)24-5-30(15)19-12(33)11(32)8(45-19)4-44-50(37,38)48-52(41,42)49-51(39,40)47-21-14(43-3)13(34)20(46-21)31-6-29(2)10-16(31)27-22(23)28-18(10)36/h5-6,8,11-14,19-21,32-34H,4H2,1-3H3,(H6-,23,25,26,27,28,35,36,37,38,39,40,41,42)/p+1/t8-,11+,12?,13+,14?,19-,20-,21-/m1/s1. The molecular formula is C22H31N9O18P3+. The zero-order valence-corrected chi connectivity index (χ0v) is 29.3. The highest BCUT2D eigenvalue weighted by molar-refractivity contribution is 7.66. The molecule has 2 aliphatic heterocycles. The first-order valence-corrected chi connectivity index (χ1v) is 19.0. The van der Waals surface area contributed by atoms with Crippen molar-refractivity contribution >= 4 is 51.7 Å². The molecule has 2 saturated heterocycles. The Balaban J connectivity index is 1.09. The van der Waals surface area contributed by atoms with Gasteiger partial charge in [0, 0.05) is 7.11 Å². The van der Waals surface area contributed by atoms with Gasteiger partial charge < -0.3 is 54.9 Å². The number of methoxy groups -OCH3 is 1. The van der Waals surface area contributed by atoms with Crippen molar-refractivity contribution in [2.45, 2.75) is 56.2 Å². The number of aromatic nitrogens is 8. The number of hydrogen-bond acceptors (Lipinski definition) is 19. The second-order valence-corrected chi connectivity index (χ2v) is 15.9. The zero-order chi connectivity index (χ0) is 38.1. The van der Waals surface area contributed by atoms with Gasteiger partial charge in [0.2, 0.25) is 18.0 Å². The fourth-order valence-corrected chi connectivity index (χ4v) is 9.16. The number of rotatable bonds is 12. The van der Waals surface area contributed by atoms with Gasteiger partial charge >= 0.3 is 29.1 Å². The van der Waals surface area contributed by atoms with Crippen LogP contribution in [-0.2, 0) is 52.6 Å². The lowest BCUT2D eigenvalue weighted by atomic mass is 10.1. The first-order chi connectivity index (χ1) is 24.2. The number of hydrogen-bond donors (Lipinski definition) is 9. The molecule has 0 saturated carbocycles. The molecule has 0 amide bonds. The number of imidazole rings is 2. The molecule has 11 atom stereocenters. The topological polar surface area (TPSA) is 381 Å². The van der Waals surface area contributed by atoms with Crippen LogP contribution < -0.4 is 21.4 Å². The third kappa shape index (κ3) is 7.40. The van der Waals surface area contributed by atoms with Gasteiger partial charge in [0.1, 0.15) is 36.3 Å². The predicted molar refractivity (Wildman–Crippen MR) is 164 cm³/mol. The van der Waals surface area contributed by atoms with Crippen molar-refractivity contribution in [1.82, 2.24) is 34.1 Å². The van der Waals surface area contributed by atoms with E-state index >= 15 is 0 Å². The predicted octanol–water partition coefficient (Wildman–Crippen LogP) is -3.21. The number of nitrogen functional groups attached to an aromatic ring is 1. The van der Waals surface area contributed by atoms with Crippen LogP contribution in [0.25, 0.3) is 22.3 Å². The molecule has 0 bridgehead atoms. The lowest BCUT2D eigenvalue weighted by molar-refractivity contribution is -0.747. The van der Waals surface area contributed by atoms with E-state index in [9.17, 15) is 53.3 Å². The van der Waals surface area contributed by atoms with Crippen LogP contribution >= 0.6 is 23.5 Å². The van der Waals surface area contributed by atoms with Crippen molar-refractivity contribution in [2.24, 2.45) is 7.05 Å². The number of H-pyrrole nitrogens is 2. The highest BCUT2D eigenvalue weighted by Crippen LogP contribution is 2.68. The molecule has 5 unspecified atom stereocenters. The molecule has 27 nitrogen and oxygen atoms in total. The highest BCUT2D eigenvalue weighted by Gasteiger charge is 2.53. The van der Waals surface area contributed by atoms with E-state index in [0.717, 1.165) is 22.6 Å². The first-order valence-electron chi connectivity index (χ1n) is 14.5. The second kappa shape index (κ2) is 13.8. The third-order valence-electron chi connectivity index (χ3n) is 7.72. The Bertz CT molecular complexity index is 2280. The Morgan fingerprint density at radius 1 is 0.981 bits per heavy atom. The minimum atomic E-state index is -6.04. The molecule has 30 heteroatoms. The van der Waals surface area contributed by atoms with E-state index in [0.29, 0.717) is 0 Å². The summed E-state index contributed by atoms with van der Waals surface area (Å²) >= 11 is 0. The van der Waals surface area contributed by atoms with Gasteiger partial charge in [-0.05, 0) is 6.92 Å². The molecule has 52 heavy (non-hydrogen) atoms. The van der Waals surface area contributed by atoms with E-state index in [1.54, 1.807) is 0 Å². The Labute approximate surface area is 287 Å². The maximum absolute atomic E-state index is 12.8. The molecule has 0 radical (unpaired) electrons. The molecule has 10 N–H and O–H groups in total. The van der Waals surface area contributed by atoms with E-state index in [4.69, 9.17) is 24.5 Å². The highest BCUT2D eigenvalue weighted by atomic mass is 31.3. The fourth-order valence-electron chi connectivity index (χ4n) is 5.58. The average molecular weight is 802 g/mol. The summed E-state index contributed by atoms with van der Waals surface area (Å²) in [5.41, 5.74) is 4.15. The molecule has 4 aromatic rings.